The van der Waals surface area contributed by atoms with Crippen molar-refractivity contribution in [2.24, 2.45) is 0 Å². The highest BCUT2D eigenvalue weighted by Gasteiger charge is 2.38. The molecule has 32 heavy (non-hydrogen) atoms. The number of pyridine rings is 1. The van der Waals surface area contributed by atoms with Crippen LogP contribution in [0.4, 0.5) is 18.9 Å². The van der Waals surface area contributed by atoms with E-state index in [1.54, 1.807) is 5.56 Å². The van der Waals surface area contributed by atoms with Crippen LogP contribution >= 0.6 is 0 Å². The highest BCUT2D eigenvalue weighted by atomic mass is 19.4. The standard InChI is InChI=1S/C22H29N3.C2HF3O2/c1-18-4-2-5-20(16-18)19-7-9-21(10-8-19)24-12-14-25(15-13-24)22-6-3-11-23-17-22;3-2(4,5)1(6)7/h2-6,11,16-17,19,21H,7-10,12-15H2,1H3;(H,6,7). The van der Waals surface area contributed by atoms with Gasteiger partial charge in [0.1, 0.15) is 0 Å². The first-order valence-corrected chi connectivity index (χ1v) is 11.0. The zero-order chi connectivity index (χ0) is 23.1. The number of anilines is 1. The predicted molar refractivity (Wildman–Crippen MR) is 118 cm³/mol. The van der Waals surface area contributed by atoms with Crippen LogP contribution in [0.3, 0.4) is 0 Å². The lowest BCUT2D eigenvalue weighted by Crippen LogP contribution is -2.51. The first-order chi connectivity index (χ1) is 15.2. The van der Waals surface area contributed by atoms with Crippen molar-refractivity contribution < 1.29 is 23.1 Å². The minimum atomic E-state index is -5.08. The third kappa shape index (κ3) is 6.69. The smallest absolute Gasteiger partial charge is 0.475 e. The molecular formula is C24H30F3N3O2. The Kier molecular flexibility index (Phi) is 8.12. The summed E-state index contributed by atoms with van der Waals surface area (Å²) in [5.41, 5.74) is 4.22. The van der Waals surface area contributed by atoms with Crippen LogP contribution in [0.1, 0.15) is 42.7 Å². The van der Waals surface area contributed by atoms with E-state index in [9.17, 15) is 13.2 Å². The molecule has 1 aromatic carbocycles. The van der Waals surface area contributed by atoms with Gasteiger partial charge in [-0.1, -0.05) is 29.8 Å². The monoisotopic (exact) mass is 449 g/mol. The summed E-state index contributed by atoms with van der Waals surface area (Å²) in [6.45, 7) is 6.84. The molecule has 1 aliphatic carbocycles. The Morgan fingerprint density at radius 1 is 1.03 bits per heavy atom. The van der Waals surface area contributed by atoms with Crippen LogP contribution in [-0.2, 0) is 4.79 Å². The normalized spacial score (nSPS) is 22.1. The fourth-order valence-corrected chi connectivity index (χ4v) is 4.58. The number of piperazine rings is 1. The van der Waals surface area contributed by atoms with Gasteiger partial charge in [-0.15, -0.1) is 0 Å². The Morgan fingerprint density at radius 2 is 1.69 bits per heavy atom. The maximum atomic E-state index is 10.6. The van der Waals surface area contributed by atoms with E-state index in [4.69, 9.17) is 9.90 Å². The molecule has 5 nitrogen and oxygen atoms in total. The lowest BCUT2D eigenvalue weighted by atomic mass is 9.81. The number of carboxylic acids is 1. The summed E-state index contributed by atoms with van der Waals surface area (Å²) in [7, 11) is 0. The molecule has 4 rings (SSSR count). The molecule has 0 unspecified atom stereocenters. The lowest BCUT2D eigenvalue weighted by Gasteiger charge is -2.42. The van der Waals surface area contributed by atoms with E-state index in [2.05, 4.69) is 52.0 Å². The van der Waals surface area contributed by atoms with Gasteiger partial charge in [0.25, 0.3) is 0 Å². The van der Waals surface area contributed by atoms with Gasteiger partial charge in [0.15, 0.2) is 0 Å². The molecule has 8 heteroatoms. The molecular weight excluding hydrogens is 419 g/mol. The van der Waals surface area contributed by atoms with Gasteiger partial charge in [0.05, 0.1) is 11.9 Å². The molecule has 2 aliphatic rings. The number of carbonyl (C=O) groups is 1. The molecule has 1 aliphatic heterocycles. The Bertz CT molecular complexity index is 860. The van der Waals surface area contributed by atoms with Gasteiger partial charge in [-0.25, -0.2) is 4.79 Å². The summed E-state index contributed by atoms with van der Waals surface area (Å²) in [6, 6.07) is 14.1. The van der Waals surface area contributed by atoms with Crippen LogP contribution in [0.2, 0.25) is 0 Å². The number of rotatable bonds is 3. The molecule has 2 aromatic rings. The van der Waals surface area contributed by atoms with Crippen molar-refractivity contribution in [1.82, 2.24) is 9.88 Å². The molecule has 1 saturated carbocycles. The second-order valence-electron chi connectivity index (χ2n) is 8.46. The van der Waals surface area contributed by atoms with Gasteiger partial charge in [-0.3, -0.25) is 9.88 Å². The minimum absolute atomic E-state index is 0.771. The van der Waals surface area contributed by atoms with E-state index in [0.29, 0.717) is 0 Å². The van der Waals surface area contributed by atoms with Gasteiger partial charge in [-0.05, 0) is 56.2 Å². The van der Waals surface area contributed by atoms with Crippen molar-refractivity contribution >= 4 is 11.7 Å². The van der Waals surface area contributed by atoms with Crippen molar-refractivity contribution in [2.75, 3.05) is 31.1 Å². The summed E-state index contributed by atoms with van der Waals surface area (Å²) < 4.78 is 31.7. The van der Waals surface area contributed by atoms with Gasteiger partial charge in [0.2, 0.25) is 0 Å². The first kappa shape index (κ1) is 24.0. The number of alkyl halides is 3. The summed E-state index contributed by atoms with van der Waals surface area (Å²) >= 11 is 0. The number of halogens is 3. The molecule has 0 spiro atoms. The second-order valence-corrected chi connectivity index (χ2v) is 8.46. The molecule has 1 aromatic heterocycles. The van der Waals surface area contributed by atoms with Crippen molar-refractivity contribution in [3.8, 4) is 0 Å². The van der Waals surface area contributed by atoms with Crippen LogP contribution in [0.25, 0.3) is 0 Å². The van der Waals surface area contributed by atoms with Crippen molar-refractivity contribution in [1.29, 1.82) is 0 Å². The third-order valence-corrected chi connectivity index (χ3v) is 6.29. The Hall–Kier alpha value is -2.61. The Morgan fingerprint density at radius 3 is 2.22 bits per heavy atom. The van der Waals surface area contributed by atoms with E-state index in [0.717, 1.165) is 25.0 Å². The molecule has 0 atom stereocenters. The summed E-state index contributed by atoms with van der Waals surface area (Å²) in [6.07, 6.45) is 4.15. The fraction of sp³-hybridized carbons (Fsp3) is 0.500. The first-order valence-electron chi connectivity index (χ1n) is 11.0. The topological polar surface area (TPSA) is 56.7 Å². The molecule has 0 bridgehead atoms. The van der Waals surface area contributed by atoms with E-state index >= 15 is 0 Å². The van der Waals surface area contributed by atoms with Crippen LogP contribution in [0.5, 0.6) is 0 Å². The van der Waals surface area contributed by atoms with Crippen LogP contribution in [-0.4, -0.2) is 59.4 Å². The van der Waals surface area contributed by atoms with Crippen LogP contribution < -0.4 is 4.90 Å². The van der Waals surface area contributed by atoms with Gasteiger partial charge in [0, 0.05) is 38.4 Å². The zero-order valence-electron chi connectivity index (χ0n) is 18.3. The minimum Gasteiger partial charge on any atom is -0.475 e. The number of aliphatic carboxylic acids is 1. The second kappa shape index (κ2) is 10.8. The summed E-state index contributed by atoms with van der Waals surface area (Å²) in [5, 5.41) is 7.12. The SMILES string of the molecule is Cc1cccc(C2CCC(N3CCN(c4cccnc4)CC3)CC2)c1.O=C(O)C(F)(F)F. The summed E-state index contributed by atoms with van der Waals surface area (Å²) in [5.74, 6) is -1.99. The quantitative estimate of drug-likeness (QED) is 0.725. The molecule has 174 valence electrons. The van der Waals surface area contributed by atoms with Crippen LogP contribution in [0, 0.1) is 6.92 Å². The number of benzene rings is 1. The van der Waals surface area contributed by atoms with E-state index < -0.39 is 12.1 Å². The third-order valence-electron chi connectivity index (χ3n) is 6.29. The largest absolute Gasteiger partial charge is 0.490 e. The number of hydrogen-bond donors (Lipinski definition) is 1. The predicted octanol–water partition coefficient (Wildman–Crippen LogP) is 4.87. The summed E-state index contributed by atoms with van der Waals surface area (Å²) in [4.78, 5) is 18.4. The van der Waals surface area contributed by atoms with E-state index in [1.807, 2.05) is 18.5 Å². The highest BCUT2D eigenvalue weighted by molar-refractivity contribution is 5.73. The Labute approximate surface area is 186 Å². The highest BCUT2D eigenvalue weighted by Crippen LogP contribution is 2.35. The fourth-order valence-electron chi connectivity index (χ4n) is 4.58. The average molecular weight is 450 g/mol. The van der Waals surface area contributed by atoms with Gasteiger partial charge < -0.3 is 10.0 Å². The molecule has 1 N–H and O–H groups in total. The average Bonchev–Trinajstić information content (AvgIpc) is 2.80. The number of carboxylic acid groups (broad SMARTS) is 1. The number of hydrogen-bond acceptors (Lipinski definition) is 4. The molecule has 1 saturated heterocycles. The molecule has 0 radical (unpaired) electrons. The van der Waals surface area contributed by atoms with E-state index in [-0.39, 0.29) is 0 Å². The Balaban J connectivity index is 0.000000360. The van der Waals surface area contributed by atoms with Gasteiger partial charge >= 0.3 is 12.1 Å². The van der Waals surface area contributed by atoms with E-state index in [1.165, 1.54) is 50.0 Å². The lowest BCUT2D eigenvalue weighted by molar-refractivity contribution is -0.192. The molecule has 2 fully saturated rings. The van der Waals surface area contributed by atoms with Gasteiger partial charge in [-0.2, -0.15) is 13.2 Å². The van der Waals surface area contributed by atoms with Crippen LogP contribution in [0.15, 0.2) is 48.8 Å². The molecule has 2 heterocycles. The maximum Gasteiger partial charge on any atom is 0.490 e. The number of aryl methyl sites for hydroxylation is 1. The maximum absolute atomic E-state index is 10.6. The number of aromatic nitrogens is 1. The zero-order valence-corrected chi connectivity index (χ0v) is 18.3. The number of nitrogens with zero attached hydrogens (tertiary/aromatic N) is 3. The molecule has 0 amide bonds. The van der Waals surface area contributed by atoms with Crippen molar-refractivity contribution in [3.05, 3.63) is 59.9 Å². The van der Waals surface area contributed by atoms with Crippen molar-refractivity contribution in [3.63, 3.8) is 0 Å². The van der Waals surface area contributed by atoms with Crippen molar-refractivity contribution in [2.45, 2.75) is 50.7 Å².